The van der Waals surface area contributed by atoms with Crippen LogP contribution < -0.4 is 14.8 Å². The lowest BCUT2D eigenvalue weighted by Crippen LogP contribution is -2.58. The van der Waals surface area contributed by atoms with E-state index in [4.69, 9.17) is 9.47 Å². The maximum Gasteiger partial charge on any atom is 0.306 e. The lowest BCUT2D eigenvalue weighted by molar-refractivity contribution is -0.152. The molecular weight excluding hydrogens is 761 g/mol. The summed E-state index contributed by atoms with van der Waals surface area (Å²) in [5.41, 5.74) is 0.503. The third kappa shape index (κ3) is 9.11. The van der Waals surface area contributed by atoms with Crippen LogP contribution in [0.5, 0.6) is 5.75 Å². The first kappa shape index (κ1) is 41.4. The van der Waals surface area contributed by atoms with Gasteiger partial charge in [0.2, 0.25) is 21.8 Å². The van der Waals surface area contributed by atoms with Crippen LogP contribution in [-0.2, 0) is 33.9 Å². The second-order valence-electron chi connectivity index (χ2n) is 18.0. The number of likely N-dealkylation sites (tertiary alicyclic amines) is 1. The fraction of sp³-hybridized carbons (Fsp3) is 0.568. The molecule has 2 N–H and O–H groups in total. The van der Waals surface area contributed by atoms with E-state index in [2.05, 4.69) is 10.0 Å². The molecule has 5 aliphatic rings. The number of rotatable bonds is 9. The Balaban J connectivity index is 1.16. The summed E-state index contributed by atoms with van der Waals surface area (Å²) in [7, 11) is -2.30. The van der Waals surface area contributed by atoms with Crippen molar-refractivity contribution in [1.82, 2.24) is 19.8 Å². The molecular formula is C44H56N4O9S. The van der Waals surface area contributed by atoms with Crippen molar-refractivity contribution in [2.45, 2.75) is 95.4 Å². The highest BCUT2D eigenvalue weighted by Crippen LogP contribution is 2.47. The minimum Gasteiger partial charge on any atom is -0.497 e. The highest BCUT2D eigenvalue weighted by atomic mass is 32.2. The van der Waals surface area contributed by atoms with Crippen LogP contribution in [0.3, 0.4) is 0 Å². The summed E-state index contributed by atoms with van der Waals surface area (Å²) in [6.45, 7) is 6.76. The van der Waals surface area contributed by atoms with Gasteiger partial charge in [-0.15, -0.1) is 0 Å². The van der Waals surface area contributed by atoms with Gasteiger partial charge in [0.05, 0.1) is 25.4 Å². The minimum absolute atomic E-state index is 0.127. The molecule has 2 aromatic carbocycles. The molecule has 0 spiro atoms. The van der Waals surface area contributed by atoms with Crippen molar-refractivity contribution in [2.24, 2.45) is 29.1 Å². The van der Waals surface area contributed by atoms with Crippen molar-refractivity contribution >= 4 is 39.6 Å². The topological polar surface area (TPSA) is 168 Å². The van der Waals surface area contributed by atoms with Gasteiger partial charge in [-0.2, -0.15) is 0 Å². The van der Waals surface area contributed by atoms with Gasteiger partial charge in [0.1, 0.15) is 17.3 Å². The maximum atomic E-state index is 14.8. The maximum absolute atomic E-state index is 14.8. The minimum atomic E-state index is -3.90. The fourth-order valence-corrected chi connectivity index (χ4v) is 10.1. The van der Waals surface area contributed by atoms with Crippen LogP contribution in [0.4, 0.5) is 0 Å². The molecule has 312 valence electrons. The second kappa shape index (κ2) is 16.5. The fourth-order valence-electron chi connectivity index (χ4n) is 8.72. The lowest BCUT2D eigenvalue weighted by atomic mass is 9.92. The van der Waals surface area contributed by atoms with Crippen LogP contribution in [0, 0.1) is 29.1 Å². The van der Waals surface area contributed by atoms with Crippen LogP contribution in [0.2, 0.25) is 0 Å². The van der Waals surface area contributed by atoms with E-state index in [0.717, 1.165) is 29.7 Å². The van der Waals surface area contributed by atoms with Crippen LogP contribution in [0.1, 0.15) is 88.9 Å². The standard InChI is InChI=1S/C44H56N4O9S/c1-43(2,3)27-57-37(49)22-31-11-8-6-5-7-9-14-33-23-44(33,42(53)46-58(54,55)35-19-20-35)45-39(50)38-36-26-47(24-32(36)25-48(38)41(31)52)40(51)30-13-10-12-29(21-30)28-15-17-34(56-4)18-16-28/h9-10,12-18,21,31-33,35-36,38H,5-8,11,19-20,22-27H2,1-4H3,(H,45,50)(H,46,53)/b14-9-/t31-,32+,33-,36+,38+,44-/m1/s1. The molecule has 0 radical (unpaired) electrons. The van der Waals surface area contributed by atoms with Gasteiger partial charge in [-0.1, -0.05) is 70.0 Å². The smallest absolute Gasteiger partial charge is 0.306 e. The molecule has 2 aromatic rings. The van der Waals surface area contributed by atoms with Gasteiger partial charge in [0, 0.05) is 48.9 Å². The Morgan fingerprint density at radius 3 is 2.41 bits per heavy atom. The monoisotopic (exact) mass is 816 g/mol. The van der Waals surface area contributed by atoms with E-state index >= 15 is 0 Å². The zero-order valence-electron chi connectivity index (χ0n) is 33.9. The lowest BCUT2D eigenvalue weighted by Gasteiger charge is -2.32. The molecule has 2 saturated carbocycles. The Morgan fingerprint density at radius 2 is 1.71 bits per heavy atom. The number of sulfonamides is 1. The molecule has 4 amide bonds. The third-order valence-corrected chi connectivity index (χ3v) is 14.0. The molecule has 7 rings (SSSR count). The van der Waals surface area contributed by atoms with Crippen LogP contribution in [0.15, 0.2) is 60.7 Å². The Morgan fingerprint density at radius 1 is 0.948 bits per heavy atom. The number of esters is 1. The quantitative estimate of drug-likeness (QED) is 0.265. The van der Waals surface area contributed by atoms with Crippen molar-refractivity contribution in [2.75, 3.05) is 33.4 Å². The number of fused-ring (bicyclic) bond motifs is 4. The summed E-state index contributed by atoms with van der Waals surface area (Å²) >= 11 is 0. The number of ether oxygens (including phenoxy) is 2. The highest BCUT2D eigenvalue weighted by Gasteiger charge is 2.63. The van der Waals surface area contributed by atoms with E-state index in [-0.39, 0.29) is 55.7 Å². The number of methoxy groups -OCH3 is 1. The van der Waals surface area contributed by atoms with Crippen molar-refractivity contribution in [3.05, 3.63) is 66.2 Å². The van der Waals surface area contributed by atoms with E-state index in [1.807, 2.05) is 75.4 Å². The Labute approximate surface area is 341 Å². The number of nitrogens with zero attached hydrogens (tertiary/aromatic N) is 2. The molecule has 14 heteroatoms. The number of amides is 4. The first-order valence-corrected chi connectivity index (χ1v) is 22.2. The number of carbonyl (C=O) groups excluding carboxylic acids is 5. The van der Waals surface area contributed by atoms with E-state index in [9.17, 15) is 32.4 Å². The van der Waals surface area contributed by atoms with Gasteiger partial charge in [-0.25, -0.2) is 8.42 Å². The van der Waals surface area contributed by atoms with Crippen molar-refractivity contribution < 1.29 is 41.9 Å². The van der Waals surface area contributed by atoms with E-state index in [0.29, 0.717) is 44.2 Å². The molecule has 2 aliphatic carbocycles. The molecule has 4 fully saturated rings. The predicted octanol–water partition coefficient (Wildman–Crippen LogP) is 4.86. The summed E-state index contributed by atoms with van der Waals surface area (Å²) in [6.07, 6.45) is 8.36. The van der Waals surface area contributed by atoms with Crippen molar-refractivity contribution in [3.8, 4) is 16.9 Å². The van der Waals surface area contributed by atoms with Crippen molar-refractivity contribution in [3.63, 3.8) is 0 Å². The number of nitrogens with one attached hydrogen (secondary N) is 2. The average molecular weight is 817 g/mol. The Bertz CT molecular complexity index is 2060. The van der Waals surface area contributed by atoms with Crippen LogP contribution in [0.25, 0.3) is 11.1 Å². The number of hydrogen-bond acceptors (Lipinski definition) is 9. The van der Waals surface area contributed by atoms with Gasteiger partial charge in [-0.3, -0.25) is 28.7 Å². The molecule has 2 saturated heterocycles. The summed E-state index contributed by atoms with van der Waals surface area (Å²) in [4.78, 5) is 73.9. The van der Waals surface area contributed by atoms with Gasteiger partial charge >= 0.3 is 5.97 Å². The molecule has 0 unspecified atom stereocenters. The summed E-state index contributed by atoms with van der Waals surface area (Å²) in [5, 5.41) is 2.33. The van der Waals surface area contributed by atoms with Crippen LogP contribution >= 0.6 is 0 Å². The number of hydrogen-bond donors (Lipinski definition) is 2. The van der Waals surface area contributed by atoms with Gasteiger partial charge in [0.25, 0.3) is 11.8 Å². The zero-order chi connectivity index (χ0) is 41.4. The Hall–Kier alpha value is -4.72. The third-order valence-electron chi connectivity index (χ3n) is 12.2. The summed E-state index contributed by atoms with van der Waals surface area (Å²) in [6, 6.07) is 13.9. The first-order valence-electron chi connectivity index (χ1n) is 20.6. The van der Waals surface area contributed by atoms with E-state index in [1.54, 1.807) is 23.0 Å². The van der Waals surface area contributed by atoms with Gasteiger partial charge in [0.15, 0.2) is 0 Å². The Kier molecular flexibility index (Phi) is 11.8. The predicted molar refractivity (Wildman–Crippen MR) is 217 cm³/mol. The normalized spacial score (nSPS) is 28.2. The van der Waals surface area contributed by atoms with Crippen LogP contribution in [-0.4, -0.2) is 98.0 Å². The van der Waals surface area contributed by atoms with Gasteiger partial charge < -0.3 is 24.6 Å². The molecule has 0 aromatic heterocycles. The first-order chi connectivity index (χ1) is 27.6. The number of carbonyl (C=O) groups is 5. The number of benzene rings is 2. The summed E-state index contributed by atoms with van der Waals surface area (Å²) in [5.74, 6) is -3.51. The number of allylic oxidation sites excluding steroid dienone is 1. The second-order valence-corrected chi connectivity index (χ2v) is 20.0. The highest BCUT2D eigenvalue weighted by molar-refractivity contribution is 7.91. The SMILES string of the molecule is COc1ccc(-c2cccc(C(=O)N3C[C@H]4CN5C(=O)[C@@H](CC(=O)OCC(C)(C)C)CCCCC/C=C\[C@@H]6C[C@@]6(C(=O)NS(=O)(=O)C6CC6)NC(=O)[C@@H]5[C@H]4C3)c2)cc1. The summed E-state index contributed by atoms with van der Waals surface area (Å²) < 4.78 is 39.0. The van der Waals surface area contributed by atoms with Gasteiger partial charge in [-0.05, 0) is 79.3 Å². The molecule has 0 bridgehead atoms. The molecule has 58 heavy (non-hydrogen) atoms. The molecule has 3 heterocycles. The van der Waals surface area contributed by atoms with Crippen molar-refractivity contribution in [1.29, 1.82) is 0 Å². The molecule has 6 atom stereocenters. The van der Waals surface area contributed by atoms with E-state index < -0.39 is 62.4 Å². The zero-order valence-corrected chi connectivity index (χ0v) is 34.7. The average Bonchev–Trinajstić information content (AvgIpc) is 4.09. The molecule has 13 nitrogen and oxygen atoms in total. The molecule has 3 aliphatic heterocycles. The van der Waals surface area contributed by atoms with E-state index in [1.165, 1.54) is 0 Å². The largest absolute Gasteiger partial charge is 0.497 e.